The average Bonchev–Trinajstić information content (AvgIpc) is 3.06. The zero-order chi connectivity index (χ0) is 17.2. The van der Waals surface area contributed by atoms with Crippen LogP contribution < -0.4 is 20.1 Å². The summed E-state index contributed by atoms with van der Waals surface area (Å²) in [6.45, 7) is 3.44. The minimum Gasteiger partial charge on any atom is -0.486 e. The lowest BCUT2D eigenvalue weighted by Crippen LogP contribution is -2.47. The Morgan fingerprint density at radius 2 is 2.08 bits per heavy atom. The lowest BCUT2D eigenvalue weighted by Gasteiger charge is -2.34. The molecule has 7 heteroatoms. The Labute approximate surface area is 146 Å². The van der Waals surface area contributed by atoms with Crippen LogP contribution in [0.25, 0.3) is 0 Å². The third-order valence-electron chi connectivity index (χ3n) is 4.66. The quantitative estimate of drug-likeness (QED) is 0.894. The topological polar surface area (TPSA) is 67.8 Å². The minimum absolute atomic E-state index is 0.219. The van der Waals surface area contributed by atoms with E-state index < -0.39 is 0 Å². The Morgan fingerprint density at radius 1 is 1.24 bits per heavy atom. The van der Waals surface area contributed by atoms with Gasteiger partial charge >= 0.3 is 6.03 Å². The molecule has 4 rings (SSSR count). The molecule has 0 aliphatic carbocycles. The van der Waals surface area contributed by atoms with Gasteiger partial charge in [-0.25, -0.2) is 4.79 Å². The SMILES string of the molecule is CN1Cc2cccn2CC1CNC(=O)Nc1ccc2c(c1)OCCO2. The van der Waals surface area contributed by atoms with Crippen molar-refractivity contribution in [1.82, 2.24) is 14.8 Å². The molecule has 1 unspecified atom stereocenters. The van der Waals surface area contributed by atoms with E-state index in [2.05, 4.69) is 45.5 Å². The second-order valence-electron chi connectivity index (χ2n) is 6.41. The van der Waals surface area contributed by atoms with E-state index in [1.54, 1.807) is 6.07 Å². The first-order chi connectivity index (χ1) is 12.2. The summed E-state index contributed by atoms with van der Waals surface area (Å²) in [5, 5.41) is 5.81. The number of rotatable bonds is 3. The fourth-order valence-corrected chi connectivity index (χ4v) is 3.25. The Balaban J connectivity index is 1.32. The smallest absolute Gasteiger partial charge is 0.319 e. The van der Waals surface area contributed by atoms with E-state index in [0.717, 1.165) is 13.1 Å². The van der Waals surface area contributed by atoms with Gasteiger partial charge in [-0.1, -0.05) is 0 Å². The number of aromatic nitrogens is 1. The number of anilines is 1. The van der Waals surface area contributed by atoms with Crippen molar-refractivity contribution < 1.29 is 14.3 Å². The first-order valence-electron chi connectivity index (χ1n) is 8.48. The van der Waals surface area contributed by atoms with Gasteiger partial charge in [0.1, 0.15) is 13.2 Å². The zero-order valence-electron chi connectivity index (χ0n) is 14.2. The van der Waals surface area contributed by atoms with Gasteiger partial charge < -0.3 is 24.7 Å². The highest BCUT2D eigenvalue weighted by molar-refractivity contribution is 5.89. The van der Waals surface area contributed by atoms with Crippen molar-refractivity contribution in [2.75, 3.05) is 32.1 Å². The number of hydrogen-bond donors (Lipinski definition) is 2. The van der Waals surface area contributed by atoms with E-state index in [0.29, 0.717) is 36.9 Å². The minimum atomic E-state index is -0.219. The van der Waals surface area contributed by atoms with Gasteiger partial charge in [-0.05, 0) is 31.3 Å². The van der Waals surface area contributed by atoms with E-state index in [4.69, 9.17) is 9.47 Å². The number of nitrogens with one attached hydrogen (secondary N) is 2. The summed E-state index contributed by atoms with van der Waals surface area (Å²) in [6, 6.07) is 9.66. The molecule has 0 radical (unpaired) electrons. The van der Waals surface area contributed by atoms with E-state index >= 15 is 0 Å². The van der Waals surface area contributed by atoms with Gasteiger partial charge in [0.2, 0.25) is 0 Å². The van der Waals surface area contributed by atoms with Gasteiger partial charge in [-0.15, -0.1) is 0 Å². The van der Waals surface area contributed by atoms with E-state index in [9.17, 15) is 4.79 Å². The molecule has 1 atom stereocenters. The number of hydrogen-bond acceptors (Lipinski definition) is 4. The number of benzene rings is 1. The maximum atomic E-state index is 12.2. The predicted octanol–water partition coefficient (Wildman–Crippen LogP) is 1.89. The number of urea groups is 1. The third-order valence-corrected chi connectivity index (χ3v) is 4.66. The summed E-state index contributed by atoms with van der Waals surface area (Å²) in [5.41, 5.74) is 1.99. The van der Waals surface area contributed by atoms with Crippen molar-refractivity contribution >= 4 is 11.7 Å². The predicted molar refractivity (Wildman–Crippen MR) is 94.1 cm³/mol. The van der Waals surface area contributed by atoms with Crippen LogP contribution in [0.5, 0.6) is 11.5 Å². The van der Waals surface area contributed by atoms with Crippen LogP contribution >= 0.6 is 0 Å². The number of carbonyl (C=O) groups is 1. The first kappa shape index (κ1) is 15.8. The summed E-state index contributed by atoms with van der Waals surface area (Å²) in [4.78, 5) is 14.5. The van der Waals surface area contributed by atoms with E-state index in [-0.39, 0.29) is 12.1 Å². The highest BCUT2D eigenvalue weighted by atomic mass is 16.6. The lowest BCUT2D eigenvalue weighted by atomic mass is 10.2. The molecule has 2 aliphatic rings. The molecule has 7 nitrogen and oxygen atoms in total. The fraction of sp³-hybridized carbons (Fsp3) is 0.389. The normalized spacial score (nSPS) is 19.2. The molecule has 2 amide bonds. The summed E-state index contributed by atoms with van der Waals surface area (Å²) in [6.07, 6.45) is 2.09. The standard InChI is InChI=1S/C18H22N4O3/c1-21-11-14-3-2-6-22(14)12-15(21)10-19-18(23)20-13-4-5-16-17(9-13)25-8-7-24-16/h2-6,9,15H,7-8,10-12H2,1H3,(H2,19,20,23). The van der Waals surface area contributed by atoms with Crippen LogP contribution in [0, 0.1) is 0 Å². The Hall–Kier alpha value is -2.67. The molecule has 0 spiro atoms. The highest BCUT2D eigenvalue weighted by Crippen LogP contribution is 2.32. The highest BCUT2D eigenvalue weighted by Gasteiger charge is 2.23. The molecule has 2 aromatic rings. The summed E-state index contributed by atoms with van der Waals surface area (Å²) in [7, 11) is 2.08. The fourth-order valence-electron chi connectivity index (χ4n) is 3.25. The van der Waals surface area contributed by atoms with Crippen molar-refractivity contribution in [1.29, 1.82) is 0 Å². The van der Waals surface area contributed by atoms with Crippen LogP contribution in [0.1, 0.15) is 5.69 Å². The Morgan fingerprint density at radius 3 is 2.96 bits per heavy atom. The van der Waals surface area contributed by atoms with Gasteiger partial charge in [-0.2, -0.15) is 0 Å². The molecule has 2 aliphatic heterocycles. The summed E-state index contributed by atoms with van der Waals surface area (Å²) >= 11 is 0. The van der Waals surface area contributed by atoms with Gasteiger partial charge in [0.25, 0.3) is 0 Å². The van der Waals surface area contributed by atoms with Gasteiger partial charge in [0.05, 0.1) is 0 Å². The third kappa shape index (κ3) is 3.41. The van der Waals surface area contributed by atoms with E-state index in [1.807, 2.05) is 12.1 Å². The van der Waals surface area contributed by atoms with Crippen molar-refractivity contribution in [3.63, 3.8) is 0 Å². The second kappa shape index (κ2) is 6.68. The first-order valence-corrected chi connectivity index (χ1v) is 8.48. The van der Waals surface area contributed by atoms with Crippen LogP contribution in [0.2, 0.25) is 0 Å². The number of carbonyl (C=O) groups excluding carboxylic acids is 1. The number of ether oxygens (including phenoxy) is 2. The number of fused-ring (bicyclic) bond motifs is 2. The molecule has 0 bridgehead atoms. The molecular formula is C18H22N4O3. The monoisotopic (exact) mass is 342 g/mol. The van der Waals surface area contributed by atoms with Gasteiger partial charge in [0.15, 0.2) is 11.5 Å². The van der Waals surface area contributed by atoms with Gasteiger partial charge in [-0.3, -0.25) is 4.90 Å². The number of likely N-dealkylation sites (N-methyl/N-ethyl adjacent to an activating group) is 1. The molecule has 0 fully saturated rings. The van der Waals surface area contributed by atoms with Crippen LogP contribution in [-0.2, 0) is 13.1 Å². The van der Waals surface area contributed by atoms with Crippen molar-refractivity contribution in [3.8, 4) is 11.5 Å². The molecular weight excluding hydrogens is 320 g/mol. The van der Waals surface area contributed by atoms with Crippen LogP contribution in [0.4, 0.5) is 10.5 Å². The Kier molecular flexibility index (Phi) is 4.23. The molecule has 3 heterocycles. The van der Waals surface area contributed by atoms with Crippen molar-refractivity contribution in [2.45, 2.75) is 19.1 Å². The molecule has 1 aromatic heterocycles. The van der Waals surface area contributed by atoms with E-state index in [1.165, 1.54) is 5.69 Å². The van der Waals surface area contributed by atoms with Crippen LogP contribution in [-0.4, -0.2) is 48.3 Å². The average molecular weight is 342 g/mol. The molecule has 0 saturated carbocycles. The lowest BCUT2D eigenvalue weighted by molar-refractivity contribution is 0.171. The van der Waals surface area contributed by atoms with Crippen LogP contribution in [0.3, 0.4) is 0 Å². The maximum absolute atomic E-state index is 12.2. The number of nitrogens with zero attached hydrogens (tertiary/aromatic N) is 2. The summed E-state index contributed by atoms with van der Waals surface area (Å²) in [5.74, 6) is 1.37. The molecule has 132 valence electrons. The van der Waals surface area contributed by atoms with Crippen molar-refractivity contribution in [2.24, 2.45) is 0 Å². The number of amides is 2. The van der Waals surface area contributed by atoms with Crippen LogP contribution in [0.15, 0.2) is 36.5 Å². The zero-order valence-corrected chi connectivity index (χ0v) is 14.2. The molecule has 0 saturated heterocycles. The maximum Gasteiger partial charge on any atom is 0.319 e. The van der Waals surface area contributed by atoms with Gasteiger partial charge in [0, 0.05) is 49.3 Å². The summed E-state index contributed by atoms with van der Waals surface area (Å²) < 4.78 is 13.3. The second-order valence-corrected chi connectivity index (χ2v) is 6.41. The Bertz CT molecular complexity index is 773. The van der Waals surface area contributed by atoms with Crippen molar-refractivity contribution in [3.05, 3.63) is 42.2 Å². The molecule has 25 heavy (non-hydrogen) atoms. The molecule has 2 N–H and O–H groups in total. The largest absolute Gasteiger partial charge is 0.486 e. The molecule has 1 aromatic carbocycles.